The van der Waals surface area contributed by atoms with Gasteiger partial charge in [0.05, 0.1) is 36.6 Å². The number of halogens is 10. The standard InChI is InChI=1S/2C8H9F5O3.C2H4O.O.Ti/c2*1-2-4(6(15)16)5(14)3-7(9,10)8(11,12)13;1-2-3;;/h2*4H,2-3H2,1H3,(H,15,16);2H,1H3;;/q;;;;+2/p-2. The topological polar surface area (TPSA) is 149 Å². The van der Waals surface area contributed by atoms with Gasteiger partial charge in [-0.05, 0) is 19.8 Å². The van der Waals surface area contributed by atoms with Crippen molar-refractivity contribution < 1.29 is 102 Å². The number of hydrogen-bond acceptors (Lipinski definition) is 8. The fourth-order valence-electron chi connectivity index (χ4n) is 1.94. The van der Waals surface area contributed by atoms with Crippen LogP contribution < -0.4 is 10.2 Å². The molecule has 8 nitrogen and oxygen atoms in total. The maximum absolute atomic E-state index is 12.4. The first-order chi connectivity index (χ1) is 16.5. The van der Waals surface area contributed by atoms with Crippen LogP contribution in [0.4, 0.5) is 43.9 Å². The number of alkyl halides is 10. The minimum atomic E-state index is -5.87. The van der Waals surface area contributed by atoms with E-state index in [4.69, 9.17) is 8.12 Å². The number of aliphatic carboxylic acids is 2. The van der Waals surface area contributed by atoms with E-state index in [2.05, 4.69) is 0 Å². The fourth-order valence-corrected chi connectivity index (χ4v) is 1.94. The van der Waals surface area contributed by atoms with Crippen molar-refractivity contribution in [2.45, 2.75) is 70.7 Å². The zero-order valence-electron chi connectivity index (χ0n) is 19.1. The Labute approximate surface area is 214 Å². The number of carboxylic acid groups (broad SMARTS) is 2. The van der Waals surface area contributed by atoms with E-state index >= 15 is 0 Å². The van der Waals surface area contributed by atoms with Crippen LogP contribution >= 0.6 is 0 Å². The number of carbonyl (C=O) groups is 5. The molecule has 0 fully saturated rings. The zero-order chi connectivity index (χ0) is 31.0. The van der Waals surface area contributed by atoms with E-state index in [9.17, 15) is 73.3 Å². The van der Waals surface area contributed by atoms with Crippen molar-refractivity contribution in [3.8, 4) is 0 Å². The normalized spacial score (nSPS) is 13.2. The van der Waals surface area contributed by atoms with E-state index < -0.39 is 85.2 Å². The average molecular weight is 602 g/mol. The molecular weight excluding hydrogens is 582 g/mol. The molecule has 0 N–H and O–H groups in total. The van der Waals surface area contributed by atoms with Crippen molar-refractivity contribution >= 4 is 29.8 Å². The summed E-state index contributed by atoms with van der Waals surface area (Å²) < 4.78 is 128. The van der Waals surface area contributed by atoms with E-state index in [1.807, 2.05) is 0 Å². The van der Waals surface area contributed by atoms with Gasteiger partial charge in [-0.2, -0.15) is 43.9 Å². The predicted octanol–water partition coefficient (Wildman–Crippen LogP) is 1.92. The molecule has 2 atom stereocenters. The van der Waals surface area contributed by atoms with Gasteiger partial charge in [0.15, 0.2) is 0 Å². The van der Waals surface area contributed by atoms with Crippen LogP contribution in [0.3, 0.4) is 0 Å². The summed E-state index contributed by atoms with van der Waals surface area (Å²) in [7, 11) is 0. The second-order valence-corrected chi connectivity index (χ2v) is 6.49. The van der Waals surface area contributed by atoms with Gasteiger partial charge in [0.25, 0.3) is 0 Å². The molecule has 0 aromatic rings. The van der Waals surface area contributed by atoms with Gasteiger partial charge in [0.2, 0.25) is 0 Å². The van der Waals surface area contributed by atoms with Crippen LogP contribution in [0.25, 0.3) is 0 Å². The first kappa shape index (κ1) is 41.9. The van der Waals surface area contributed by atoms with Crippen LogP contribution in [0.2, 0.25) is 0 Å². The van der Waals surface area contributed by atoms with Crippen LogP contribution in [0, 0.1) is 11.8 Å². The quantitative estimate of drug-likeness (QED) is 0.160. The maximum atomic E-state index is 12.4. The summed E-state index contributed by atoms with van der Waals surface area (Å²) in [5.74, 6) is -21.6. The molecule has 0 saturated heterocycles. The molecule has 0 heterocycles. The molecule has 0 aliphatic rings. The molecule has 0 aromatic heterocycles. The minimum absolute atomic E-state index is 0.394. The van der Waals surface area contributed by atoms with E-state index in [0.717, 1.165) is 26.7 Å². The van der Waals surface area contributed by atoms with Crippen molar-refractivity contribution in [2.24, 2.45) is 11.8 Å². The third-order valence-corrected chi connectivity index (χ3v) is 3.78. The van der Waals surface area contributed by atoms with Gasteiger partial charge < -0.3 is 24.6 Å². The molecular formula is C18H20F10O8Ti. The number of ketones is 2. The van der Waals surface area contributed by atoms with Crippen molar-refractivity contribution in [3.05, 3.63) is 0 Å². The molecule has 0 aliphatic heterocycles. The molecule has 37 heavy (non-hydrogen) atoms. The van der Waals surface area contributed by atoms with Gasteiger partial charge in [-0.1, -0.05) is 13.8 Å². The van der Waals surface area contributed by atoms with E-state index in [1.54, 1.807) is 0 Å². The molecule has 0 spiro atoms. The third-order valence-electron chi connectivity index (χ3n) is 3.78. The molecule has 2 unspecified atom stereocenters. The van der Waals surface area contributed by atoms with Crippen molar-refractivity contribution in [2.75, 3.05) is 0 Å². The Morgan fingerprint density at radius 3 is 0.973 bits per heavy atom. The second kappa shape index (κ2) is 18.1. The first-order valence-corrected chi connectivity index (χ1v) is 10.1. The number of rotatable bonds is 10. The molecule has 0 aliphatic carbocycles. The zero-order valence-corrected chi connectivity index (χ0v) is 20.7. The Morgan fingerprint density at radius 1 is 0.676 bits per heavy atom. The number of aldehydes is 1. The van der Waals surface area contributed by atoms with Gasteiger partial charge in [-0.15, -0.1) is 0 Å². The van der Waals surface area contributed by atoms with E-state index in [-0.39, 0.29) is 0 Å². The summed E-state index contributed by atoms with van der Waals surface area (Å²) in [6, 6.07) is 0. The predicted molar refractivity (Wildman–Crippen MR) is 91.3 cm³/mol. The Balaban J connectivity index is -0.000000250. The fraction of sp³-hybridized carbons (Fsp3) is 0.722. The van der Waals surface area contributed by atoms with Gasteiger partial charge in [0.1, 0.15) is 17.9 Å². The molecule has 19 heteroatoms. The third kappa shape index (κ3) is 16.3. The summed E-state index contributed by atoms with van der Waals surface area (Å²) in [5, 5.41) is 20.5. The van der Waals surface area contributed by atoms with E-state index in [0.29, 0.717) is 0 Å². The molecule has 0 saturated carbocycles. The van der Waals surface area contributed by atoms with Gasteiger partial charge in [0, 0.05) is 0 Å². The van der Waals surface area contributed by atoms with Gasteiger partial charge in [-0.3, -0.25) is 9.59 Å². The second-order valence-electron chi connectivity index (χ2n) is 6.49. The molecule has 214 valence electrons. The van der Waals surface area contributed by atoms with Gasteiger partial charge in [-0.25, -0.2) is 0 Å². The molecule has 0 rings (SSSR count). The van der Waals surface area contributed by atoms with Crippen molar-refractivity contribution in [1.82, 2.24) is 0 Å². The molecule has 0 bridgehead atoms. The first-order valence-electron chi connectivity index (χ1n) is 9.43. The molecule has 0 amide bonds. The van der Waals surface area contributed by atoms with Crippen LogP contribution in [0.15, 0.2) is 0 Å². The van der Waals surface area contributed by atoms with Crippen molar-refractivity contribution in [1.29, 1.82) is 0 Å². The van der Waals surface area contributed by atoms with Crippen LogP contribution in [-0.2, 0) is 47.7 Å². The average Bonchev–Trinajstić information content (AvgIpc) is 2.68. The SMILES string of the molecule is CC=O.CCC(C(=O)[O-])C(=O)CC(F)(F)C(F)(F)F.CCC(C(=O)[O-])C(=O)CC(F)(F)C(F)(F)F.[O]=[Ti+2]. The summed E-state index contributed by atoms with van der Waals surface area (Å²) in [6.45, 7) is 3.79. The summed E-state index contributed by atoms with van der Waals surface area (Å²) in [4.78, 5) is 51.1. The Kier molecular flexibility index (Phi) is 20.5. The number of carbonyl (C=O) groups excluding carboxylic acids is 5. The van der Waals surface area contributed by atoms with Gasteiger partial charge >= 0.3 is 47.9 Å². The summed E-state index contributed by atoms with van der Waals surface area (Å²) in [5.41, 5.74) is 0. The van der Waals surface area contributed by atoms with Crippen molar-refractivity contribution in [3.63, 3.8) is 0 Å². The monoisotopic (exact) mass is 602 g/mol. The van der Waals surface area contributed by atoms with E-state index in [1.165, 1.54) is 20.8 Å². The summed E-state index contributed by atoms with van der Waals surface area (Å²) >= 11 is 0.750. The summed E-state index contributed by atoms with van der Waals surface area (Å²) in [6.07, 6.45) is -16.1. The number of carboxylic acids is 2. The Bertz CT molecular complexity index is 696. The molecule has 0 aromatic carbocycles. The van der Waals surface area contributed by atoms with Crippen LogP contribution in [-0.4, -0.2) is 54.0 Å². The van der Waals surface area contributed by atoms with Crippen LogP contribution in [0.5, 0.6) is 0 Å². The Hall–Kier alpha value is -2.24. The number of hydrogen-bond donors (Lipinski definition) is 0. The number of Topliss-reactive ketones (excluding diaryl/α,β-unsaturated/α-hetero) is 2. The van der Waals surface area contributed by atoms with Crippen LogP contribution in [0.1, 0.15) is 46.5 Å². The molecule has 0 radical (unpaired) electrons. The Morgan fingerprint density at radius 2 is 0.865 bits per heavy atom.